The summed E-state index contributed by atoms with van der Waals surface area (Å²) in [5.74, 6) is 0. The standard InChI is InChI=1S/C18H14ClN3O2S/c1-2-13-10-18(15-5-3-4-6-17(15)21-13)22-25(23,24)14-7-8-16(19)12(9-14)11-20/h3-10H,2H2,1H3,(H,21,22). The van der Waals surface area contributed by atoms with Crippen LogP contribution in [-0.4, -0.2) is 13.4 Å². The number of nitrogens with zero attached hydrogens (tertiary/aromatic N) is 2. The monoisotopic (exact) mass is 371 g/mol. The topological polar surface area (TPSA) is 82.9 Å². The minimum Gasteiger partial charge on any atom is -0.279 e. The second-order valence-electron chi connectivity index (χ2n) is 5.39. The molecule has 0 saturated carbocycles. The summed E-state index contributed by atoms with van der Waals surface area (Å²) >= 11 is 5.88. The Morgan fingerprint density at radius 1 is 1.20 bits per heavy atom. The van der Waals surface area contributed by atoms with Crippen molar-refractivity contribution in [3.05, 3.63) is 64.8 Å². The lowest BCUT2D eigenvalue weighted by Gasteiger charge is -2.12. The van der Waals surface area contributed by atoms with Gasteiger partial charge in [0.15, 0.2) is 0 Å². The van der Waals surface area contributed by atoms with Gasteiger partial charge in [-0.3, -0.25) is 9.71 Å². The summed E-state index contributed by atoms with van der Waals surface area (Å²) in [5.41, 5.74) is 2.06. The second kappa shape index (κ2) is 6.71. The quantitative estimate of drug-likeness (QED) is 0.747. The number of sulfonamides is 1. The van der Waals surface area contributed by atoms with Gasteiger partial charge in [0.1, 0.15) is 6.07 Å². The smallest absolute Gasteiger partial charge is 0.261 e. The Labute approximate surface area is 150 Å². The number of nitriles is 1. The molecule has 0 aliphatic carbocycles. The molecule has 0 unspecified atom stereocenters. The molecular formula is C18H14ClN3O2S. The molecule has 0 saturated heterocycles. The van der Waals surface area contributed by atoms with Gasteiger partial charge in [-0.25, -0.2) is 8.42 Å². The number of benzene rings is 2. The molecule has 3 aromatic rings. The van der Waals surface area contributed by atoms with Gasteiger partial charge in [0.05, 0.1) is 26.7 Å². The van der Waals surface area contributed by atoms with Crippen molar-refractivity contribution < 1.29 is 8.42 Å². The summed E-state index contributed by atoms with van der Waals surface area (Å²) in [5, 5.41) is 9.97. The fourth-order valence-corrected chi connectivity index (χ4v) is 3.71. The molecule has 1 N–H and O–H groups in total. The lowest BCUT2D eigenvalue weighted by Crippen LogP contribution is -2.14. The van der Waals surface area contributed by atoms with Gasteiger partial charge >= 0.3 is 0 Å². The summed E-state index contributed by atoms with van der Waals surface area (Å²) in [6.07, 6.45) is 0.680. The molecule has 0 fully saturated rings. The van der Waals surface area contributed by atoms with Gasteiger partial charge in [0, 0.05) is 11.1 Å². The molecule has 3 rings (SSSR count). The van der Waals surface area contributed by atoms with E-state index in [0.717, 1.165) is 5.69 Å². The first-order chi connectivity index (χ1) is 11.9. The normalized spacial score (nSPS) is 11.2. The zero-order chi connectivity index (χ0) is 18.0. The van der Waals surface area contributed by atoms with Crippen molar-refractivity contribution in [1.82, 2.24) is 4.98 Å². The van der Waals surface area contributed by atoms with Gasteiger partial charge in [-0.1, -0.05) is 36.7 Å². The lowest BCUT2D eigenvalue weighted by molar-refractivity contribution is 0.601. The molecule has 1 aromatic heterocycles. The van der Waals surface area contributed by atoms with Gasteiger partial charge in [-0.15, -0.1) is 0 Å². The maximum atomic E-state index is 12.7. The zero-order valence-electron chi connectivity index (χ0n) is 13.3. The SMILES string of the molecule is CCc1cc(NS(=O)(=O)c2ccc(Cl)c(C#N)c2)c2ccccc2n1. The second-order valence-corrected chi connectivity index (χ2v) is 7.48. The molecule has 0 spiro atoms. The first kappa shape index (κ1) is 17.2. The van der Waals surface area contributed by atoms with Crippen molar-refractivity contribution in [3.63, 3.8) is 0 Å². The van der Waals surface area contributed by atoms with E-state index in [1.54, 1.807) is 6.07 Å². The maximum Gasteiger partial charge on any atom is 0.261 e. The number of nitrogens with one attached hydrogen (secondary N) is 1. The van der Waals surface area contributed by atoms with Gasteiger partial charge in [-0.05, 0) is 36.8 Å². The predicted octanol–water partition coefficient (Wildman–Crippen LogP) is 4.12. The Balaban J connectivity index is 2.10. The molecule has 0 aliphatic rings. The van der Waals surface area contributed by atoms with E-state index < -0.39 is 10.0 Å². The molecule has 2 aromatic carbocycles. The van der Waals surface area contributed by atoms with Crippen molar-refractivity contribution in [1.29, 1.82) is 5.26 Å². The van der Waals surface area contributed by atoms with E-state index in [1.807, 2.05) is 37.3 Å². The maximum absolute atomic E-state index is 12.7. The van der Waals surface area contributed by atoms with E-state index in [4.69, 9.17) is 16.9 Å². The highest BCUT2D eigenvalue weighted by Gasteiger charge is 2.18. The number of aryl methyl sites for hydroxylation is 1. The Morgan fingerprint density at radius 2 is 1.96 bits per heavy atom. The number of hydrogen-bond acceptors (Lipinski definition) is 4. The third-order valence-electron chi connectivity index (χ3n) is 3.74. The van der Waals surface area contributed by atoms with Crippen LogP contribution >= 0.6 is 11.6 Å². The number of hydrogen-bond donors (Lipinski definition) is 1. The van der Waals surface area contributed by atoms with Crippen LogP contribution in [0.5, 0.6) is 0 Å². The number of rotatable bonds is 4. The van der Waals surface area contributed by atoms with Crippen LogP contribution < -0.4 is 4.72 Å². The summed E-state index contributed by atoms with van der Waals surface area (Å²) in [7, 11) is -3.87. The zero-order valence-corrected chi connectivity index (χ0v) is 14.9. The van der Waals surface area contributed by atoms with Crippen molar-refractivity contribution in [2.75, 3.05) is 4.72 Å². The molecular weight excluding hydrogens is 358 g/mol. The van der Waals surface area contributed by atoms with E-state index in [9.17, 15) is 8.42 Å². The van der Waals surface area contributed by atoms with Crippen molar-refractivity contribution in [3.8, 4) is 6.07 Å². The first-order valence-corrected chi connectivity index (χ1v) is 9.42. The van der Waals surface area contributed by atoms with E-state index in [1.165, 1.54) is 18.2 Å². The summed E-state index contributed by atoms with van der Waals surface area (Å²) in [4.78, 5) is 4.48. The van der Waals surface area contributed by atoms with Gasteiger partial charge in [0.2, 0.25) is 0 Å². The molecule has 5 nitrogen and oxygen atoms in total. The molecule has 0 amide bonds. The van der Waals surface area contributed by atoms with E-state index in [2.05, 4.69) is 9.71 Å². The van der Waals surface area contributed by atoms with E-state index in [0.29, 0.717) is 23.0 Å². The summed E-state index contributed by atoms with van der Waals surface area (Å²) in [6, 6.07) is 15.0. The van der Waals surface area contributed by atoms with Gasteiger partial charge in [0.25, 0.3) is 10.0 Å². The Morgan fingerprint density at radius 3 is 2.68 bits per heavy atom. The average Bonchev–Trinajstić information content (AvgIpc) is 2.61. The number of para-hydroxylation sites is 1. The molecule has 1 heterocycles. The van der Waals surface area contributed by atoms with Crippen LogP contribution in [-0.2, 0) is 16.4 Å². The van der Waals surface area contributed by atoms with E-state index in [-0.39, 0.29) is 15.5 Å². The minimum atomic E-state index is -3.87. The lowest BCUT2D eigenvalue weighted by atomic mass is 10.1. The molecule has 126 valence electrons. The predicted molar refractivity (Wildman–Crippen MR) is 98.1 cm³/mol. The average molecular weight is 372 g/mol. The molecule has 25 heavy (non-hydrogen) atoms. The molecule has 0 bridgehead atoms. The van der Waals surface area contributed by atoms with Crippen LogP contribution in [0.4, 0.5) is 5.69 Å². The first-order valence-electron chi connectivity index (χ1n) is 7.55. The van der Waals surface area contributed by atoms with Crippen molar-refractivity contribution in [2.24, 2.45) is 0 Å². The highest BCUT2D eigenvalue weighted by atomic mass is 35.5. The van der Waals surface area contributed by atoms with Crippen LogP contribution in [0, 0.1) is 11.3 Å². The van der Waals surface area contributed by atoms with Crippen molar-refractivity contribution in [2.45, 2.75) is 18.2 Å². The van der Waals surface area contributed by atoms with Crippen LogP contribution in [0.2, 0.25) is 5.02 Å². The third kappa shape index (κ3) is 3.43. The highest BCUT2D eigenvalue weighted by Crippen LogP contribution is 2.27. The van der Waals surface area contributed by atoms with Gasteiger partial charge < -0.3 is 0 Å². The molecule has 0 atom stereocenters. The largest absolute Gasteiger partial charge is 0.279 e. The minimum absolute atomic E-state index is 0.0209. The van der Waals surface area contributed by atoms with Gasteiger partial charge in [-0.2, -0.15) is 5.26 Å². The Kier molecular flexibility index (Phi) is 4.62. The fourth-order valence-electron chi connectivity index (χ4n) is 2.46. The van der Waals surface area contributed by atoms with E-state index >= 15 is 0 Å². The van der Waals surface area contributed by atoms with Crippen LogP contribution in [0.1, 0.15) is 18.2 Å². The van der Waals surface area contributed by atoms with Crippen LogP contribution in [0.25, 0.3) is 10.9 Å². The molecule has 0 aliphatic heterocycles. The summed E-state index contributed by atoms with van der Waals surface area (Å²) < 4.78 is 28.1. The Hall–Kier alpha value is -2.62. The number of aromatic nitrogens is 1. The van der Waals surface area contributed by atoms with Crippen molar-refractivity contribution >= 4 is 38.2 Å². The van der Waals surface area contributed by atoms with Crippen LogP contribution in [0.15, 0.2) is 53.4 Å². The van der Waals surface area contributed by atoms with Crippen LogP contribution in [0.3, 0.4) is 0 Å². The fraction of sp³-hybridized carbons (Fsp3) is 0.111. The third-order valence-corrected chi connectivity index (χ3v) is 5.44. The Bertz CT molecular complexity index is 1100. The molecule has 7 heteroatoms. The summed E-state index contributed by atoms with van der Waals surface area (Å²) in [6.45, 7) is 1.95. The number of halogens is 1. The highest BCUT2D eigenvalue weighted by molar-refractivity contribution is 7.92. The number of anilines is 1. The number of pyridine rings is 1. The number of fused-ring (bicyclic) bond motifs is 1. The molecule has 0 radical (unpaired) electrons.